The summed E-state index contributed by atoms with van der Waals surface area (Å²) < 4.78 is 0.993. The Labute approximate surface area is 115 Å². The molecule has 1 aliphatic carbocycles. The molecule has 4 heteroatoms. The summed E-state index contributed by atoms with van der Waals surface area (Å²) in [7, 11) is 0. The van der Waals surface area contributed by atoms with E-state index in [4.69, 9.17) is 0 Å². The Morgan fingerprint density at radius 2 is 1.94 bits per heavy atom. The van der Waals surface area contributed by atoms with E-state index >= 15 is 0 Å². The zero-order valence-corrected chi connectivity index (χ0v) is 11.6. The van der Waals surface area contributed by atoms with Crippen LogP contribution in [0.5, 0.6) is 0 Å². The van der Waals surface area contributed by atoms with Crippen LogP contribution in [0.3, 0.4) is 0 Å². The first-order valence-corrected chi connectivity index (χ1v) is 7.02. The van der Waals surface area contributed by atoms with Gasteiger partial charge in [0.15, 0.2) is 0 Å². The molecule has 18 heavy (non-hydrogen) atoms. The first-order valence-electron chi connectivity index (χ1n) is 6.22. The molecule has 1 aromatic rings. The van der Waals surface area contributed by atoms with Crippen molar-refractivity contribution in [3.8, 4) is 0 Å². The molecule has 0 aliphatic heterocycles. The number of carbonyl (C=O) groups is 1. The van der Waals surface area contributed by atoms with E-state index in [1.165, 1.54) is 0 Å². The standard InChI is InChI=1S/C14H17BrO3/c15-11-6-4-9(5-7-11)12-3-1-2-10(8-16)13(12)14(17)18/h4-7,10,12-13,16H,1-3,8H2,(H,17,18)/t10-,12-,13?/m1/s1. The molecule has 0 radical (unpaired) electrons. The van der Waals surface area contributed by atoms with Crippen molar-refractivity contribution in [3.05, 3.63) is 34.3 Å². The number of rotatable bonds is 3. The zero-order valence-electron chi connectivity index (χ0n) is 10.1. The molecule has 1 aliphatic rings. The van der Waals surface area contributed by atoms with Crippen LogP contribution >= 0.6 is 15.9 Å². The number of aliphatic carboxylic acids is 1. The smallest absolute Gasteiger partial charge is 0.307 e. The van der Waals surface area contributed by atoms with Crippen molar-refractivity contribution in [2.24, 2.45) is 11.8 Å². The van der Waals surface area contributed by atoms with Gasteiger partial charge >= 0.3 is 5.97 Å². The SMILES string of the molecule is O=C(O)C1[C@@H](CO)CCC[C@@H]1c1ccc(Br)cc1. The normalized spacial score (nSPS) is 28.0. The van der Waals surface area contributed by atoms with E-state index < -0.39 is 11.9 Å². The minimum absolute atomic E-state index is 0.0153. The average Bonchev–Trinajstić information content (AvgIpc) is 2.38. The zero-order chi connectivity index (χ0) is 13.1. The molecule has 0 saturated heterocycles. The summed E-state index contributed by atoms with van der Waals surface area (Å²) in [5.74, 6) is -1.36. The number of halogens is 1. The van der Waals surface area contributed by atoms with Gasteiger partial charge in [-0.25, -0.2) is 0 Å². The van der Waals surface area contributed by atoms with Crippen LogP contribution in [0.1, 0.15) is 30.7 Å². The molecule has 1 saturated carbocycles. The van der Waals surface area contributed by atoms with Gasteiger partial charge in [0, 0.05) is 11.1 Å². The lowest BCUT2D eigenvalue weighted by Crippen LogP contribution is -2.35. The number of hydrogen-bond acceptors (Lipinski definition) is 2. The fourth-order valence-corrected chi connectivity index (χ4v) is 3.21. The molecule has 1 fully saturated rings. The third-order valence-corrected chi connectivity index (χ3v) is 4.38. The summed E-state index contributed by atoms with van der Waals surface area (Å²) in [6, 6.07) is 7.84. The summed E-state index contributed by atoms with van der Waals surface area (Å²) >= 11 is 3.38. The number of carboxylic acids is 1. The van der Waals surface area contributed by atoms with Crippen LogP contribution in [0, 0.1) is 11.8 Å². The van der Waals surface area contributed by atoms with Crippen molar-refractivity contribution in [1.82, 2.24) is 0 Å². The van der Waals surface area contributed by atoms with E-state index in [0.717, 1.165) is 29.3 Å². The largest absolute Gasteiger partial charge is 0.481 e. The molecule has 0 aromatic heterocycles. The Balaban J connectivity index is 2.28. The topological polar surface area (TPSA) is 57.5 Å². The van der Waals surface area contributed by atoms with Crippen LogP contribution in [0.4, 0.5) is 0 Å². The quantitative estimate of drug-likeness (QED) is 0.902. The third-order valence-electron chi connectivity index (χ3n) is 3.85. The second-order valence-electron chi connectivity index (χ2n) is 4.90. The third kappa shape index (κ3) is 2.75. The van der Waals surface area contributed by atoms with Gasteiger partial charge in [-0.15, -0.1) is 0 Å². The number of aliphatic hydroxyl groups excluding tert-OH is 1. The van der Waals surface area contributed by atoms with E-state index in [1.807, 2.05) is 24.3 Å². The van der Waals surface area contributed by atoms with Gasteiger partial charge in [0.1, 0.15) is 0 Å². The van der Waals surface area contributed by atoms with Gasteiger partial charge in [-0.3, -0.25) is 4.79 Å². The summed E-state index contributed by atoms with van der Waals surface area (Å²) in [5, 5.41) is 18.8. The molecule has 0 bridgehead atoms. The second kappa shape index (κ2) is 5.85. The first-order chi connectivity index (χ1) is 8.63. The Hall–Kier alpha value is -0.870. The summed E-state index contributed by atoms with van der Waals surface area (Å²) in [6.07, 6.45) is 2.67. The van der Waals surface area contributed by atoms with Gasteiger partial charge in [-0.2, -0.15) is 0 Å². The van der Waals surface area contributed by atoms with Gasteiger partial charge in [-0.05, 0) is 42.4 Å². The summed E-state index contributed by atoms with van der Waals surface area (Å²) in [4.78, 5) is 11.5. The monoisotopic (exact) mass is 312 g/mol. The van der Waals surface area contributed by atoms with Crippen molar-refractivity contribution in [2.45, 2.75) is 25.2 Å². The van der Waals surface area contributed by atoms with Crippen LogP contribution in [0.15, 0.2) is 28.7 Å². The van der Waals surface area contributed by atoms with Gasteiger partial charge in [0.25, 0.3) is 0 Å². The highest BCUT2D eigenvalue weighted by atomic mass is 79.9. The number of aliphatic hydroxyl groups is 1. The fraction of sp³-hybridized carbons (Fsp3) is 0.500. The van der Waals surface area contributed by atoms with E-state index in [0.29, 0.717) is 0 Å². The maximum absolute atomic E-state index is 11.5. The number of carboxylic acid groups (broad SMARTS) is 1. The Kier molecular flexibility index (Phi) is 4.40. The van der Waals surface area contributed by atoms with Crippen LogP contribution in [-0.2, 0) is 4.79 Å². The Morgan fingerprint density at radius 3 is 2.50 bits per heavy atom. The number of benzene rings is 1. The van der Waals surface area contributed by atoms with Gasteiger partial charge in [-0.1, -0.05) is 34.5 Å². The number of hydrogen-bond donors (Lipinski definition) is 2. The summed E-state index contributed by atoms with van der Waals surface area (Å²) in [6.45, 7) is -0.0377. The van der Waals surface area contributed by atoms with Gasteiger partial charge in [0.2, 0.25) is 0 Å². The van der Waals surface area contributed by atoms with Crippen molar-refractivity contribution >= 4 is 21.9 Å². The Bertz CT molecular complexity index is 416. The average molecular weight is 313 g/mol. The maximum Gasteiger partial charge on any atom is 0.307 e. The molecule has 0 heterocycles. The predicted octanol–water partition coefficient (Wildman–Crippen LogP) is 3.03. The van der Waals surface area contributed by atoms with Gasteiger partial charge < -0.3 is 10.2 Å². The minimum atomic E-state index is -0.790. The fourth-order valence-electron chi connectivity index (χ4n) is 2.95. The molecular formula is C14H17BrO3. The minimum Gasteiger partial charge on any atom is -0.481 e. The molecule has 0 amide bonds. The van der Waals surface area contributed by atoms with Crippen LogP contribution in [0.25, 0.3) is 0 Å². The van der Waals surface area contributed by atoms with Crippen molar-refractivity contribution in [1.29, 1.82) is 0 Å². The molecule has 3 nitrogen and oxygen atoms in total. The molecule has 2 N–H and O–H groups in total. The molecular weight excluding hydrogens is 296 g/mol. The van der Waals surface area contributed by atoms with Crippen molar-refractivity contribution in [2.75, 3.05) is 6.61 Å². The van der Waals surface area contributed by atoms with E-state index in [-0.39, 0.29) is 18.4 Å². The highest BCUT2D eigenvalue weighted by molar-refractivity contribution is 9.10. The van der Waals surface area contributed by atoms with E-state index in [1.54, 1.807) is 0 Å². The molecule has 1 aromatic carbocycles. The molecule has 1 unspecified atom stereocenters. The predicted molar refractivity (Wildman–Crippen MR) is 72.4 cm³/mol. The van der Waals surface area contributed by atoms with Crippen molar-refractivity contribution < 1.29 is 15.0 Å². The summed E-state index contributed by atoms with van der Waals surface area (Å²) in [5.41, 5.74) is 1.06. The van der Waals surface area contributed by atoms with Crippen LogP contribution in [0.2, 0.25) is 0 Å². The lowest BCUT2D eigenvalue weighted by molar-refractivity contribution is -0.146. The highest BCUT2D eigenvalue weighted by Gasteiger charge is 2.38. The maximum atomic E-state index is 11.5. The lowest BCUT2D eigenvalue weighted by atomic mass is 9.69. The van der Waals surface area contributed by atoms with E-state index in [9.17, 15) is 15.0 Å². The van der Waals surface area contributed by atoms with Gasteiger partial charge in [0.05, 0.1) is 5.92 Å². The molecule has 3 atom stereocenters. The highest BCUT2D eigenvalue weighted by Crippen LogP contribution is 2.41. The van der Waals surface area contributed by atoms with Crippen LogP contribution < -0.4 is 0 Å². The molecule has 0 spiro atoms. The Morgan fingerprint density at radius 1 is 1.28 bits per heavy atom. The molecule has 98 valence electrons. The lowest BCUT2D eigenvalue weighted by Gasteiger charge is -2.35. The molecule has 2 rings (SSSR count). The second-order valence-corrected chi connectivity index (χ2v) is 5.81. The first kappa shape index (κ1) is 13.6. The van der Waals surface area contributed by atoms with Crippen LogP contribution in [-0.4, -0.2) is 22.8 Å². The van der Waals surface area contributed by atoms with E-state index in [2.05, 4.69) is 15.9 Å². The van der Waals surface area contributed by atoms with Crippen molar-refractivity contribution in [3.63, 3.8) is 0 Å².